The number of hydrogen-bond acceptors (Lipinski definition) is 3. The molecule has 2 aliphatic rings. The van der Waals surface area contributed by atoms with Crippen molar-refractivity contribution in [2.24, 2.45) is 5.92 Å². The lowest BCUT2D eigenvalue weighted by atomic mass is 9.75. The summed E-state index contributed by atoms with van der Waals surface area (Å²) in [5.74, 6) is 0.961. The van der Waals surface area contributed by atoms with Gasteiger partial charge in [-0.15, -0.1) is 0 Å². The zero-order valence-corrected chi connectivity index (χ0v) is 10.5. The van der Waals surface area contributed by atoms with Gasteiger partial charge in [0, 0.05) is 30.8 Å². The molecule has 1 aliphatic heterocycles. The zero-order valence-electron chi connectivity index (χ0n) is 10.5. The first-order valence-corrected chi connectivity index (χ1v) is 6.24. The molecule has 0 aromatic heterocycles. The van der Waals surface area contributed by atoms with Crippen LogP contribution >= 0.6 is 0 Å². The Labute approximate surface area is 97.9 Å². The van der Waals surface area contributed by atoms with Crippen LogP contribution in [0.3, 0.4) is 0 Å². The fraction of sp³-hybridized carbons (Fsp3) is 0.769. The van der Waals surface area contributed by atoms with Crippen LogP contribution in [0.2, 0.25) is 0 Å². The van der Waals surface area contributed by atoms with Crippen molar-refractivity contribution >= 4 is 5.78 Å². The molecule has 1 saturated heterocycles. The van der Waals surface area contributed by atoms with Gasteiger partial charge in [0.1, 0.15) is 0 Å². The Balaban J connectivity index is 2.20. The van der Waals surface area contributed by atoms with E-state index in [-0.39, 0.29) is 0 Å². The van der Waals surface area contributed by atoms with E-state index >= 15 is 0 Å². The number of fused-ring (bicyclic) bond motifs is 1. The highest BCUT2D eigenvalue weighted by Crippen LogP contribution is 2.35. The molecular weight excluding hydrogens is 200 g/mol. The minimum Gasteiger partial charge on any atom is -0.391 e. The normalized spacial score (nSPS) is 34.6. The minimum atomic E-state index is 0.364. The fourth-order valence-electron chi connectivity index (χ4n) is 3.08. The highest BCUT2D eigenvalue weighted by Gasteiger charge is 2.37. The average molecular weight is 222 g/mol. The Morgan fingerprint density at radius 2 is 2.19 bits per heavy atom. The van der Waals surface area contributed by atoms with Gasteiger partial charge in [0.2, 0.25) is 0 Å². The van der Waals surface area contributed by atoms with E-state index in [1.165, 1.54) is 19.4 Å². The maximum absolute atomic E-state index is 12.0. The molecule has 2 unspecified atom stereocenters. The van der Waals surface area contributed by atoms with Gasteiger partial charge >= 0.3 is 0 Å². The highest BCUT2D eigenvalue weighted by molar-refractivity contribution is 5.97. The molecule has 1 saturated carbocycles. The maximum atomic E-state index is 12.0. The Bertz CT molecular complexity index is 322. The third-order valence-electron chi connectivity index (χ3n) is 4.22. The number of Topliss-reactive ketones (excluding diaryl/α,β-unsaturated/α-hetero) is 1. The number of likely N-dealkylation sites (tertiary alicyclic amines) is 1. The fourth-order valence-corrected chi connectivity index (χ4v) is 3.08. The molecule has 3 nitrogen and oxygen atoms in total. The van der Waals surface area contributed by atoms with Crippen molar-refractivity contribution in [1.82, 2.24) is 10.2 Å². The summed E-state index contributed by atoms with van der Waals surface area (Å²) >= 11 is 0. The minimum absolute atomic E-state index is 0.364. The molecule has 16 heavy (non-hydrogen) atoms. The smallest absolute Gasteiger partial charge is 0.160 e. The van der Waals surface area contributed by atoms with Crippen LogP contribution in [0.15, 0.2) is 11.3 Å². The number of hydrogen-bond donors (Lipinski definition) is 1. The summed E-state index contributed by atoms with van der Waals surface area (Å²) in [6.45, 7) is 3.19. The van der Waals surface area contributed by atoms with Crippen molar-refractivity contribution in [3.8, 4) is 0 Å². The Morgan fingerprint density at radius 1 is 1.44 bits per heavy atom. The Kier molecular flexibility index (Phi) is 3.33. The summed E-state index contributed by atoms with van der Waals surface area (Å²) in [4.78, 5) is 14.5. The number of allylic oxidation sites excluding steroid dienone is 1. The number of nitrogens with one attached hydrogen (secondary N) is 1. The molecule has 3 heteroatoms. The molecule has 2 atom stereocenters. The third kappa shape index (κ3) is 2.01. The SMILES string of the molecule is CNC(C)=C1CC2C(CCCN2C)CC1=O. The first-order chi connectivity index (χ1) is 7.63. The van der Waals surface area contributed by atoms with Crippen molar-refractivity contribution in [1.29, 1.82) is 0 Å². The van der Waals surface area contributed by atoms with E-state index in [2.05, 4.69) is 17.3 Å². The van der Waals surface area contributed by atoms with Crippen LogP contribution in [0.4, 0.5) is 0 Å². The van der Waals surface area contributed by atoms with Gasteiger partial charge in [-0.1, -0.05) is 0 Å². The van der Waals surface area contributed by atoms with Gasteiger partial charge in [-0.2, -0.15) is 0 Å². The molecule has 2 fully saturated rings. The third-order valence-corrected chi connectivity index (χ3v) is 4.22. The molecule has 0 bridgehead atoms. The van der Waals surface area contributed by atoms with E-state index < -0.39 is 0 Å². The van der Waals surface area contributed by atoms with Gasteiger partial charge in [-0.3, -0.25) is 4.79 Å². The molecule has 0 aromatic rings. The number of carbonyl (C=O) groups excluding carboxylic acids is 1. The zero-order chi connectivity index (χ0) is 11.7. The lowest BCUT2D eigenvalue weighted by molar-refractivity contribution is -0.119. The van der Waals surface area contributed by atoms with Crippen LogP contribution in [-0.4, -0.2) is 37.4 Å². The maximum Gasteiger partial charge on any atom is 0.160 e. The quantitative estimate of drug-likeness (QED) is 0.683. The summed E-state index contributed by atoms with van der Waals surface area (Å²) < 4.78 is 0. The molecule has 90 valence electrons. The predicted molar refractivity (Wildman–Crippen MR) is 65.1 cm³/mol. The van der Waals surface area contributed by atoms with E-state index in [4.69, 9.17) is 0 Å². The van der Waals surface area contributed by atoms with Gasteiger partial charge in [-0.05, 0) is 45.7 Å². The first kappa shape index (κ1) is 11.6. The Morgan fingerprint density at radius 3 is 2.88 bits per heavy atom. The van der Waals surface area contributed by atoms with Crippen LogP contribution in [0, 0.1) is 5.92 Å². The van der Waals surface area contributed by atoms with Crippen molar-refractivity contribution in [2.45, 2.75) is 38.6 Å². The number of rotatable bonds is 1. The van der Waals surface area contributed by atoms with Crippen LogP contribution < -0.4 is 5.32 Å². The summed E-state index contributed by atoms with van der Waals surface area (Å²) in [5.41, 5.74) is 2.08. The number of piperidine rings is 1. The number of nitrogens with zero attached hydrogens (tertiary/aromatic N) is 1. The average Bonchev–Trinajstić information content (AvgIpc) is 2.28. The molecule has 1 heterocycles. The molecule has 1 aliphatic carbocycles. The predicted octanol–water partition coefficient (Wildman–Crippen LogP) is 1.55. The largest absolute Gasteiger partial charge is 0.391 e. The highest BCUT2D eigenvalue weighted by atomic mass is 16.1. The summed E-state index contributed by atoms with van der Waals surface area (Å²) in [6.07, 6.45) is 4.16. The first-order valence-electron chi connectivity index (χ1n) is 6.24. The topological polar surface area (TPSA) is 32.3 Å². The van der Waals surface area contributed by atoms with Gasteiger partial charge in [0.25, 0.3) is 0 Å². The van der Waals surface area contributed by atoms with Crippen molar-refractivity contribution in [3.05, 3.63) is 11.3 Å². The molecule has 0 radical (unpaired) electrons. The molecule has 2 rings (SSSR count). The van der Waals surface area contributed by atoms with Crippen molar-refractivity contribution in [3.63, 3.8) is 0 Å². The molecule has 0 amide bonds. The van der Waals surface area contributed by atoms with E-state index in [9.17, 15) is 4.79 Å². The number of carbonyl (C=O) groups is 1. The van der Waals surface area contributed by atoms with Gasteiger partial charge in [0.05, 0.1) is 0 Å². The standard InChI is InChI=1S/C13H22N2O/c1-9(14-2)11-8-12-10(7-13(11)16)5-4-6-15(12)3/h10,12,14H,4-8H2,1-3H3. The molecular formula is C13H22N2O. The second-order valence-electron chi connectivity index (χ2n) is 5.14. The van der Waals surface area contributed by atoms with Crippen LogP contribution in [0.5, 0.6) is 0 Å². The molecule has 0 spiro atoms. The second kappa shape index (κ2) is 4.58. The van der Waals surface area contributed by atoms with Gasteiger partial charge in [0.15, 0.2) is 5.78 Å². The van der Waals surface area contributed by atoms with Crippen molar-refractivity contribution in [2.75, 3.05) is 20.6 Å². The van der Waals surface area contributed by atoms with Crippen LogP contribution in [0.1, 0.15) is 32.6 Å². The van der Waals surface area contributed by atoms with E-state index in [1.54, 1.807) is 0 Å². The van der Waals surface area contributed by atoms with E-state index in [1.807, 2.05) is 14.0 Å². The number of ketones is 1. The molecule has 1 N–H and O–H groups in total. The summed E-state index contributed by atoms with van der Waals surface area (Å²) in [5, 5.41) is 3.12. The van der Waals surface area contributed by atoms with Gasteiger partial charge < -0.3 is 10.2 Å². The van der Waals surface area contributed by atoms with E-state index in [0.29, 0.717) is 17.7 Å². The van der Waals surface area contributed by atoms with E-state index in [0.717, 1.165) is 24.1 Å². The molecule has 0 aromatic carbocycles. The monoisotopic (exact) mass is 222 g/mol. The lowest BCUT2D eigenvalue weighted by Crippen LogP contribution is -2.47. The van der Waals surface area contributed by atoms with Crippen LogP contribution in [-0.2, 0) is 4.79 Å². The lowest BCUT2D eigenvalue weighted by Gasteiger charge is -2.42. The second-order valence-corrected chi connectivity index (χ2v) is 5.14. The Hall–Kier alpha value is -0.830. The van der Waals surface area contributed by atoms with Gasteiger partial charge in [-0.25, -0.2) is 0 Å². The van der Waals surface area contributed by atoms with Crippen LogP contribution in [0.25, 0.3) is 0 Å². The van der Waals surface area contributed by atoms with Crippen molar-refractivity contribution < 1.29 is 4.79 Å². The summed E-state index contributed by atoms with van der Waals surface area (Å²) in [6, 6.07) is 0.588. The summed E-state index contributed by atoms with van der Waals surface area (Å²) in [7, 11) is 4.09.